The van der Waals surface area contributed by atoms with Crippen LogP contribution in [0.15, 0.2) is 36.4 Å². The van der Waals surface area contributed by atoms with E-state index in [0.717, 1.165) is 5.56 Å². The molecule has 7 heteroatoms. The summed E-state index contributed by atoms with van der Waals surface area (Å²) in [4.78, 5) is 13.9. The van der Waals surface area contributed by atoms with Crippen LogP contribution in [-0.2, 0) is 4.79 Å². The van der Waals surface area contributed by atoms with Gasteiger partial charge in [0, 0.05) is 5.69 Å². The number of fused-ring (bicyclic) bond motifs is 1. The molecule has 118 valence electrons. The van der Waals surface area contributed by atoms with E-state index in [-0.39, 0.29) is 18.7 Å². The van der Waals surface area contributed by atoms with Crippen LogP contribution >= 0.6 is 23.2 Å². The maximum Gasteiger partial charge on any atom is 0.247 e. The Morgan fingerprint density at radius 1 is 1.04 bits per heavy atom. The number of hydrogen-bond acceptors (Lipinski definition) is 4. The van der Waals surface area contributed by atoms with Gasteiger partial charge in [0.15, 0.2) is 11.5 Å². The van der Waals surface area contributed by atoms with Crippen LogP contribution in [0.1, 0.15) is 11.6 Å². The van der Waals surface area contributed by atoms with E-state index in [9.17, 15) is 4.79 Å². The summed E-state index contributed by atoms with van der Waals surface area (Å²) < 4.78 is 10.7. The maximum absolute atomic E-state index is 12.2. The molecule has 1 fully saturated rings. The van der Waals surface area contributed by atoms with E-state index in [1.54, 1.807) is 23.1 Å². The molecule has 2 aliphatic heterocycles. The van der Waals surface area contributed by atoms with Crippen LogP contribution in [0.25, 0.3) is 0 Å². The number of halogens is 2. The first kappa shape index (κ1) is 14.6. The van der Waals surface area contributed by atoms with Crippen molar-refractivity contribution in [1.82, 2.24) is 0 Å². The standard InChI is InChI=1S/C16H12Cl2N2O3/c17-10-3-2-9(6-11(10)18)20-15(14(19)16(20)21)8-1-4-12-13(5-8)23-7-22-12/h1-6,14-15H,7,19H2/t14-,15-/m1/s1. The van der Waals surface area contributed by atoms with Gasteiger partial charge in [-0.3, -0.25) is 4.79 Å². The lowest BCUT2D eigenvalue weighted by Gasteiger charge is -2.45. The van der Waals surface area contributed by atoms with Gasteiger partial charge in [-0.25, -0.2) is 0 Å². The van der Waals surface area contributed by atoms with Gasteiger partial charge in [0.2, 0.25) is 12.7 Å². The molecule has 0 aliphatic carbocycles. The highest BCUT2D eigenvalue weighted by Crippen LogP contribution is 2.43. The average Bonchev–Trinajstić information content (AvgIpc) is 3.02. The molecule has 2 heterocycles. The zero-order chi connectivity index (χ0) is 16.1. The van der Waals surface area contributed by atoms with Gasteiger partial charge in [-0.15, -0.1) is 0 Å². The fraction of sp³-hybridized carbons (Fsp3) is 0.188. The fourth-order valence-electron chi connectivity index (χ4n) is 2.89. The van der Waals surface area contributed by atoms with E-state index < -0.39 is 6.04 Å². The third-order valence-electron chi connectivity index (χ3n) is 4.06. The predicted octanol–water partition coefficient (Wildman–Crippen LogP) is 3.14. The number of nitrogens with two attached hydrogens (primary N) is 1. The molecule has 0 bridgehead atoms. The second kappa shape index (κ2) is 5.30. The summed E-state index contributed by atoms with van der Waals surface area (Å²) in [5.74, 6) is 1.18. The topological polar surface area (TPSA) is 64.8 Å². The number of carbonyl (C=O) groups excluding carboxylic acids is 1. The lowest BCUT2D eigenvalue weighted by Crippen LogP contribution is -2.63. The van der Waals surface area contributed by atoms with Crippen molar-refractivity contribution < 1.29 is 14.3 Å². The largest absolute Gasteiger partial charge is 0.454 e. The monoisotopic (exact) mass is 350 g/mol. The molecular weight excluding hydrogens is 339 g/mol. The van der Waals surface area contributed by atoms with E-state index in [1.165, 1.54) is 0 Å². The number of hydrogen-bond donors (Lipinski definition) is 1. The highest BCUT2D eigenvalue weighted by Gasteiger charge is 2.47. The van der Waals surface area contributed by atoms with Gasteiger partial charge in [0.05, 0.1) is 16.1 Å². The molecule has 5 nitrogen and oxygen atoms in total. The summed E-state index contributed by atoms with van der Waals surface area (Å²) in [7, 11) is 0. The second-order valence-corrected chi connectivity index (χ2v) is 6.20. The first-order valence-corrected chi connectivity index (χ1v) is 7.75. The summed E-state index contributed by atoms with van der Waals surface area (Å²) in [5.41, 5.74) is 7.56. The van der Waals surface area contributed by atoms with Crippen molar-refractivity contribution in [1.29, 1.82) is 0 Å². The van der Waals surface area contributed by atoms with Crippen LogP contribution in [0.5, 0.6) is 11.5 Å². The van der Waals surface area contributed by atoms with Crippen LogP contribution in [0.2, 0.25) is 10.0 Å². The Kier molecular flexibility index (Phi) is 3.37. The van der Waals surface area contributed by atoms with Crippen molar-refractivity contribution in [3.63, 3.8) is 0 Å². The molecule has 23 heavy (non-hydrogen) atoms. The van der Waals surface area contributed by atoms with Crippen molar-refractivity contribution in [2.45, 2.75) is 12.1 Å². The average molecular weight is 351 g/mol. The molecule has 4 rings (SSSR count). The van der Waals surface area contributed by atoms with Gasteiger partial charge in [0.25, 0.3) is 0 Å². The molecule has 2 aliphatic rings. The van der Waals surface area contributed by atoms with Gasteiger partial charge in [0.1, 0.15) is 6.04 Å². The number of carbonyl (C=O) groups is 1. The number of β-lactam (4-membered cyclic amide) rings is 1. The molecule has 0 unspecified atom stereocenters. The summed E-state index contributed by atoms with van der Waals surface area (Å²) in [6.07, 6.45) is 0. The SMILES string of the molecule is N[C@H]1C(=O)N(c2ccc(Cl)c(Cl)c2)[C@@H]1c1ccc2c(c1)OCO2. The number of benzene rings is 2. The van der Waals surface area contributed by atoms with Crippen LogP contribution in [0, 0.1) is 0 Å². The molecule has 1 amide bonds. The van der Waals surface area contributed by atoms with Crippen LogP contribution in [-0.4, -0.2) is 18.7 Å². The van der Waals surface area contributed by atoms with Crippen molar-refractivity contribution in [3.05, 3.63) is 52.0 Å². The number of amides is 1. The zero-order valence-electron chi connectivity index (χ0n) is 11.8. The summed E-state index contributed by atoms with van der Waals surface area (Å²) in [6, 6.07) is 9.73. The van der Waals surface area contributed by atoms with Crippen LogP contribution in [0.3, 0.4) is 0 Å². The molecule has 2 atom stereocenters. The predicted molar refractivity (Wildman–Crippen MR) is 87.2 cm³/mol. The van der Waals surface area contributed by atoms with Gasteiger partial charge in [-0.2, -0.15) is 0 Å². The quantitative estimate of drug-likeness (QED) is 0.845. The van der Waals surface area contributed by atoms with E-state index in [1.807, 2.05) is 18.2 Å². The Hall–Kier alpha value is -1.95. The first-order chi connectivity index (χ1) is 11.1. The highest BCUT2D eigenvalue weighted by molar-refractivity contribution is 6.42. The fourth-order valence-corrected chi connectivity index (χ4v) is 3.18. The molecule has 0 saturated carbocycles. The van der Waals surface area contributed by atoms with Crippen LogP contribution < -0.4 is 20.1 Å². The summed E-state index contributed by atoms with van der Waals surface area (Å²) >= 11 is 12.0. The molecule has 2 aromatic carbocycles. The molecule has 0 aromatic heterocycles. The minimum atomic E-state index is -0.607. The van der Waals surface area contributed by atoms with Crippen molar-refractivity contribution >= 4 is 34.8 Å². The third-order valence-corrected chi connectivity index (χ3v) is 4.80. The first-order valence-electron chi connectivity index (χ1n) is 6.99. The van der Waals surface area contributed by atoms with E-state index in [0.29, 0.717) is 27.2 Å². The van der Waals surface area contributed by atoms with Gasteiger partial charge in [-0.1, -0.05) is 29.3 Å². The molecule has 1 saturated heterocycles. The lowest BCUT2D eigenvalue weighted by atomic mass is 9.88. The number of ether oxygens (including phenoxy) is 2. The number of nitrogens with zero attached hydrogens (tertiary/aromatic N) is 1. The van der Waals surface area contributed by atoms with Gasteiger partial charge in [-0.05, 0) is 35.9 Å². The zero-order valence-corrected chi connectivity index (χ0v) is 13.3. The van der Waals surface area contributed by atoms with Gasteiger partial charge >= 0.3 is 0 Å². The Morgan fingerprint density at radius 2 is 1.83 bits per heavy atom. The van der Waals surface area contributed by atoms with E-state index >= 15 is 0 Å². The van der Waals surface area contributed by atoms with E-state index in [2.05, 4.69) is 0 Å². The molecular formula is C16H12Cl2N2O3. The molecule has 2 aromatic rings. The smallest absolute Gasteiger partial charge is 0.247 e. The molecule has 0 radical (unpaired) electrons. The summed E-state index contributed by atoms with van der Waals surface area (Å²) in [6.45, 7) is 0.199. The van der Waals surface area contributed by atoms with Crippen molar-refractivity contribution in [2.75, 3.05) is 11.7 Å². The van der Waals surface area contributed by atoms with E-state index in [4.69, 9.17) is 38.4 Å². The van der Waals surface area contributed by atoms with Crippen molar-refractivity contribution in [3.8, 4) is 11.5 Å². The Balaban J connectivity index is 1.72. The Bertz CT molecular complexity index is 812. The third kappa shape index (κ3) is 2.24. The van der Waals surface area contributed by atoms with Crippen molar-refractivity contribution in [2.24, 2.45) is 5.73 Å². The second-order valence-electron chi connectivity index (χ2n) is 5.39. The minimum absolute atomic E-state index is 0.161. The number of rotatable bonds is 2. The Morgan fingerprint density at radius 3 is 2.61 bits per heavy atom. The molecule has 0 spiro atoms. The molecule has 2 N–H and O–H groups in total. The Labute approximate surface area is 142 Å². The normalized spacial score (nSPS) is 22.2. The number of anilines is 1. The minimum Gasteiger partial charge on any atom is -0.454 e. The van der Waals surface area contributed by atoms with Crippen LogP contribution in [0.4, 0.5) is 5.69 Å². The lowest BCUT2D eigenvalue weighted by molar-refractivity contribution is -0.126. The van der Waals surface area contributed by atoms with Gasteiger partial charge < -0.3 is 20.1 Å². The maximum atomic E-state index is 12.2. The summed E-state index contributed by atoms with van der Waals surface area (Å²) in [5, 5.41) is 0.828. The highest BCUT2D eigenvalue weighted by atomic mass is 35.5.